The first-order valence-electron chi connectivity index (χ1n) is 6.80. The molecule has 0 saturated carbocycles. The number of halogens is 1. The number of carbonyl (C=O) groups is 1. The highest BCUT2D eigenvalue weighted by molar-refractivity contribution is 5.85. The number of nitrogens with zero attached hydrogens (tertiary/aromatic N) is 1. The van der Waals surface area contributed by atoms with Crippen LogP contribution in [0.15, 0.2) is 24.3 Å². The smallest absolute Gasteiger partial charge is 0.222 e. The van der Waals surface area contributed by atoms with Crippen LogP contribution in [0.1, 0.15) is 38.7 Å². The number of aryl methyl sites for hydroxylation is 1. The molecule has 0 aliphatic carbocycles. The van der Waals surface area contributed by atoms with Crippen molar-refractivity contribution < 1.29 is 4.79 Å². The molecule has 1 aromatic carbocycles. The summed E-state index contributed by atoms with van der Waals surface area (Å²) in [6.07, 6.45) is 3.31. The number of hydrogen-bond acceptors (Lipinski definition) is 2. The molecule has 0 radical (unpaired) electrons. The van der Waals surface area contributed by atoms with E-state index in [0.717, 1.165) is 43.6 Å². The first-order chi connectivity index (χ1) is 8.69. The van der Waals surface area contributed by atoms with Crippen molar-refractivity contribution in [1.82, 2.24) is 4.90 Å². The third-order valence-corrected chi connectivity index (χ3v) is 3.00. The van der Waals surface area contributed by atoms with Crippen LogP contribution in [0.25, 0.3) is 0 Å². The van der Waals surface area contributed by atoms with E-state index in [2.05, 4.69) is 13.8 Å². The van der Waals surface area contributed by atoms with E-state index >= 15 is 0 Å². The summed E-state index contributed by atoms with van der Waals surface area (Å²) in [6, 6.07) is 7.76. The molecule has 1 amide bonds. The van der Waals surface area contributed by atoms with Crippen LogP contribution in [0.5, 0.6) is 0 Å². The van der Waals surface area contributed by atoms with E-state index < -0.39 is 0 Å². The number of hydrogen-bond donors (Lipinski definition) is 1. The monoisotopic (exact) mass is 284 g/mol. The van der Waals surface area contributed by atoms with Gasteiger partial charge in [-0.2, -0.15) is 0 Å². The Bertz CT molecular complexity index is 376. The highest BCUT2D eigenvalue weighted by Gasteiger charge is 2.11. The highest BCUT2D eigenvalue weighted by atomic mass is 35.5. The summed E-state index contributed by atoms with van der Waals surface area (Å²) in [5, 5.41) is 0. The minimum absolute atomic E-state index is 0. The molecule has 1 aromatic rings. The fourth-order valence-corrected chi connectivity index (χ4v) is 2.06. The van der Waals surface area contributed by atoms with Gasteiger partial charge in [0.05, 0.1) is 0 Å². The Labute approximate surface area is 122 Å². The third-order valence-electron chi connectivity index (χ3n) is 3.00. The molecule has 3 nitrogen and oxygen atoms in total. The second-order valence-corrected chi connectivity index (χ2v) is 4.58. The van der Waals surface area contributed by atoms with Crippen LogP contribution in [0.2, 0.25) is 0 Å². The van der Waals surface area contributed by atoms with Gasteiger partial charge >= 0.3 is 0 Å². The predicted molar refractivity (Wildman–Crippen MR) is 83.6 cm³/mol. The standard InChI is InChI=1S/C15H24N2O.ClH/c1-3-11-17(12-4-2)15(18)10-9-13-7-5-6-8-14(13)16;/h5-8H,3-4,9-12,16H2,1-2H3;1H. The van der Waals surface area contributed by atoms with Gasteiger partial charge in [0.1, 0.15) is 0 Å². The molecule has 0 aliphatic heterocycles. The van der Waals surface area contributed by atoms with Crippen molar-refractivity contribution in [3.05, 3.63) is 29.8 Å². The Morgan fingerprint density at radius 1 is 1.16 bits per heavy atom. The van der Waals surface area contributed by atoms with Crippen LogP contribution in [0, 0.1) is 0 Å². The number of nitrogen functional groups attached to an aromatic ring is 1. The number of carbonyl (C=O) groups excluding carboxylic acids is 1. The topological polar surface area (TPSA) is 46.3 Å². The molecular formula is C15H25ClN2O. The molecule has 0 fully saturated rings. The quantitative estimate of drug-likeness (QED) is 0.781. The van der Waals surface area contributed by atoms with Gasteiger partial charge in [-0.25, -0.2) is 0 Å². The second kappa shape index (κ2) is 9.68. The van der Waals surface area contributed by atoms with E-state index in [-0.39, 0.29) is 18.3 Å². The van der Waals surface area contributed by atoms with E-state index in [1.54, 1.807) is 0 Å². The number of rotatable bonds is 7. The molecule has 0 spiro atoms. The Morgan fingerprint density at radius 3 is 2.26 bits per heavy atom. The first kappa shape index (κ1) is 17.8. The molecule has 0 aromatic heterocycles. The van der Waals surface area contributed by atoms with Gasteiger partial charge < -0.3 is 10.6 Å². The Morgan fingerprint density at radius 2 is 1.74 bits per heavy atom. The lowest BCUT2D eigenvalue weighted by Crippen LogP contribution is -2.32. The SMILES string of the molecule is CCCN(CCC)C(=O)CCc1ccccc1N.Cl. The molecule has 1 rings (SSSR count). The molecule has 19 heavy (non-hydrogen) atoms. The van der Waals surface area contributed by atoms with E-state index in [9.17, 15) is 4.79 Å². The van der Waals surface area contributed by atoms with Crippen LogP contribution in [-0.4, -0.2) is 23.9 Å². The Hall–Kier alpha value is -1.22. The largest absolute Gasteiger partial charge is 0.399 e. The van der Waals surface area contributed by atoms with Crippen molar-refractivity contribution in [2.45, 2.75) is 39.5 Å². The fraction of sp³-hybridized carbons (Fsp3) is 0.533. The third kappa shape index (κ3) is 5.97. The summed E-state index contributed by atoms with van der Waals surface area (Å²) in [5.41, 5.74) is 7.72. The van der Waals surface area contributed by atoms with Gasteiger partial charge in [0.15, 0.2) is 0 Å². The summed E-state index contributed by atoms with van der Waals surface area (Å²) >= 11 is 0. The molecule has 0 atom stereocenters. The number of nitrogens with two attached hydrogens (primary N) is 1. The molecule has 0 heterocycles. The lowest BCUT2D eigenvalue weighted by Gasteiger charge is -2.21. The van der Waals surface area contributed by atoms with Gasteiger partial charge in [0.2, 0.25) is 5.91 Å². The molecular weight excluding hydrogens is 260 g/mol. The molecule has 0 unspecified atom stereocenters. The predicted octanol–water partition coefficient (Wildman–Crippen LogP) is 3.27. The zero-order valence-electron chi connectivity index (χ0n) is 11.9. The van der Waals surface area contributed by atoms with Crippen molar-refractivity contribution >= 4 is 24.0 Å². The zero-order chi connectivity index (χ0) is 13.4. The number of amides is 1. The minimum atomic E-state index is 0. The highest BCUT2D eigenvalue weighted by Crippen LogP contribution is 2.13. The van der Waals surface area contributed by atoms with E-state index in [4.69, 9.17) is 5.73 Å². The molecule has 4 heteroatoms. The lowest BCUT2D eigenvalue weighted by atomic mass is 10.1. The molecule has 108 valence electrons. The summed E-state index contributed by atoms with van der Waals surface area (Å²) in [6.45, 7) is 5.92. The van der Waals surface area contributed by atoms with Crippen molar-refractivity contribution in [2.75, 3.05) is 18.8 Å². The van der Waals surface area contributed by atoms with Gasteiger partial charge in [-0.3, -0.25) is 4.79 Å². The van der Waals surface area contributed by atoms with E-state index in [1.807, 2.05) is 29.2 Å². The summed E-state index contributed by atoms with van der Waals surface area (Å²) in [5.74, 6) is 0.238. The molecule has 0 aliphatic rings. The normalized spacial score (nSPS) is 9.79. The minimum Gasteiger partial charge on any atom is -0.399 e. The molecule has 0 bridgehead atoms. The summed E-state index contributed by atoms with van der Waals surface area (Å²) in [4.78, 5) is 14.1. The summed E-state index contributed by atoms with van der Waals surface area (Å²) < 4.78 is 0. The van der Waals surface area contributed by atoms with Crippen LogP contribution in [0.4, 0.5) is 5.69 Å². The molecule has 0 saturated heterocycles. The molecule has 2 N–H and O–H groups in total. The van der Waals surface area contributed by atoms with E-state index in [1.165, 1.54) is 0 Å². The summed E-state index contributed by atoms with van der Waals surface area (Å²) in [7, 11) is 0. The van der Waals surface area contributed by atoms with Gasteiger partial charge in [-0.05, 0) is 30.9 Å². The average Bonchev–Trinajstić information content (AvgIpc) is 2.37. The van der Waals surface area contributed by atoms with Gasteiger partial charge in [0.25, 0.3) is 0 Å². The van der Waals surface area contributed by atoms with Crippen LogP contribution in [0.3, 0.4) is 0 Å². The van der Waals surface area contributed by atoms with E-state index in [0.29, 0.717) is 6.42 Å². The maximum absolute atomic E-state index is 12.1. The van der Waals surface area contributed by atoms with Crippen molar-refractivity contribution in [3.63, 3.8) is 0 Å². The Kier molecular flexibility index (Phi) is 9.06. The second-order valence-electron chi connectivity index (χ2n) is 4.58. The van der Waals surface area contributed by atoms with Crippen LogP contribution < -0.4 is 5.73 Å². The van der Waals surface area contributed by atoms with Crippen molar-refractivity contribution in [1.29, 1.82) is 0 Å². The fourth-order valence-electron chi connectivity index (χ4n) is 2.06. The lowest BCUT2D eigenvalue weighted by molar-refractivity contribution is -0.131. The van der Waals surface area contributed by atoms with Gasteiger partial charge in [-0.15, -0.1) is 12.4 Å². The number of para-hydroxylation sites is 1. The van der Waals surface area contributed by atoms with Crippen LogP contribution in [-0.2, 0) is 11.2 Å². The maximum Gasteiger partial charge on any atom is 0.222 e. The number of benzene rings is 1. The maximum atomic E-state index is 12.1. The van der Waals surface area contributed by atoms with Gasteiger partial charge in [-0.1, -0.05) is 32.0 Å². The Balaban J connectivity index is 0.00000324. The first-order valence-corrected chi connectivity index (χ1v) is 6.80. The zero-order valence-corrected chi connectivity index (χ0v) is 12.7. The van der Waals surface area contributed by atoms with Gasteiger partial charge in [0, 0.05) is 25.2 Å². The van der Waals surface area contributed by atoms with Crippen molar-refractivity contribution in [2.24, 2.45) is 0 Å². The average molecular weight is 285 g/mol. The van der Waals surface area contributed by atoms with Crippen LogP contribution >= 0.6 is 12.4 Å². The number of anilines is 1. The van der Waals surface area contributed by atoms with Crippen molar-refractivity contribution in [3.8, 4) is 0 Å².